The van der Waals surface area contributed by atoms with Crippen molar-refractivity contribution in [3.8, 4) is 0 Å². The highest BCUT2D eigenvalue weighted by atomic mass is 35.5. The predicted octanol–water partition coefficient (Wildman–Crippen LogP) is 5.20. The van der Waals surface area contributed by atoms with Gasteiger partial charge in [0.15, 0.2) is 11.5 Å². The van der Waals surface area contributed by atoms with Gasteiger partial charge in [-0.05, 0) is 56.0 Å². The van der Waals surface area contributed by atoms with Gasteiger partial charge in [-0.25, -0.2) is 4.98 Å². The molecule has 5 nitrogen and oxygen atoms in total. The van der Waals surface area contributed by atoms with Gasteiger partial charge in [0.05, 0.1) is 27.6 Å². The molecule has 1 aromatic carbocycles. The molecule has 1 aliphatic carbocycles. The van der Waals surface area contributed by atoms with Crippen LogP contribution in [-0.4, -0.2) is 22.8 Å². The van der Waals surface area contributed by atoms with Crippen LogP contribution >= 0.6 is 23.2 Å². The lowest BCUT2D eigenvalue weighted by Gasteiger charge is -2.35. The fourth-order valence-corrected chi connectivity index (χ4v) is 5.05. The van der Waals surface area contributed by atoms with Crippen molar-refractivity contribution in [1.29, 1.82) is 0 Å². The lowest BCUT2D eigenvalue weighted by Crippen LogP contribution is -2.39. The Morgan fingerprint density at radius 3 is 2.63 bits per heavy atom. The molecule has 0 bridgehead atoms. The Labute approximate surface area is 184 Å². The highest BCUT2D eigenvalue weighted by Gasteiger charge is 2.52. The van der Waals surface area contributed by atoms with Crippen molar-refractivity contribution in [2.75, 3.05) is 4.90 Å². The van der Waals surface area contributed by atoms with E-state index >= 15 is 0 Å². The quantitative estimate of drug-likeness (QED) is 0.641. The van der Waals surface area contributed by atoms with Gasteiger partial charge in [-0.3, -0.25) is 14.5 Å². The number of nitrogens with zero attached hydrogens (tertiary/aromatic N) is 2. The molecule has 7 heteroatoms. The molecule has 3 aliphatic rings. The topological polar surface area (TPSA) is 59.5 Å². The van der Waals surface area contributed by atoms with Crippen LogP contribution in [0.15, 0.2) is 47.7 Å². The summed E-state index contributed by atoms with van der Waals surface area (Å²) in [7, 11) is 0. The lowest BCUT2D eigenvalue weighted by atomic mass is 9.77. The molecule has 2 aromatic rings. The average Bonchev–Trinajstić information content (AvgIpc) is 3.03. The van der Waals surface area contributed by atoms with Crippen LogP contribution in [0.3, 0.4) is 0 Å². The predicted molar refractivity (Wildman–Crippen MR) is 115 cm³/mol. The molecular weight excluding hydrogens is 423 g/mol. The second-order valence-corrected chi connectivity index (χ2v) is 8.86. The molecule has 5 rings (SSSR count). The summed E-state index contributed by atoms with van der Waals surface area (Å²) >= 11 is 12.4. The van der Waals surface area contributed by atoms with Crippen molar-refractivity contribution in [2.45, 2.75) is 44.8 Å². The third-order valence-corrected chi connectivity index (χ3v) is 6.88. The third kappa shape index (κ3) is 3.03. The standard InChI is InChI=1S/C23H20Cl2N2O3/c1-12-5-4-8-18(26-12)27-20(13-9-10-15(24)16(25)11-13)19-21(28)14-6-2-3-7-17(14)30-22(19)23(27)29/h4-5,8-11,14,17,20H,2-3,6-7H2,1H3. The number of amides is 1. The van der Waals surface area contributed by atoms with Gasteiger partial charge in [-0.15, -0.1) is 0 Å². The third-order valence-electron chi connectivity index (χ3n) is 6.14. The number of aromatic nitrogens is 1. The maximum atomic E-state index is 13.6. The SMILES string of the molecule is Cc1cccc(N2C(=O)C3=C(C(=O)C4CCCCC4O3)C2c2ccc(Cl)c(Cl)c2)n1. The number of ether oxygens (including phenoxy) is 1. The molecule has 0 saturated heterocycles. The monoisotopic (exact) mass is 442 g/mol. The van der Waals surface area contributed by atoms with Crippen molar-refractivity contribution >= 4 is 40.7 Å². The van der Waals surface area contributed by atoms with Crippen LogP contribution in [0.2, 0.25) is 10.0 Å². The van der Waals surface area contributed by atoms with Crippen LogP contribution in [0.25, 0.3) is 0 Å². The maximum absolute atomic E-state index is 13.6. The van der Waals surface area contributed by atoms with Gasteiger partial charge in [-0.2, -0.15) is 0 Å². The molecule has 3 atom stereocenters. The number of anilines is 1. The number of fused-ring (bicyclic) bond motifs is 1. The number of benzene rings is 1. The van der Waals surface area contributed by atoms with Crippen LogP contribution in [0, 0.1) is 12.8 Å². The number of ketones is 1. The molecule has 3 heterocycles. The normalized spacial score (nSPS) is 25.8. The molecule has 1 aromatic heterocycles. The Balaban J connectivity index is 1.68. The first kappa shape index (κ1) is 19.6. The van der Waals surface area contributed by atoms with Gasteiger partial charge in [0, 0.05) is 5.69 Å². The summed E-state index contributed by atoms with van der Waals surface area (Å²) in [6.07, 6.45) is 3.35. The minimum absolute atomic E-state index is 0.000487. The zero-order chi connectivity index (χ0) is 21.0. The molecule has 0 radical (unpaired) electrons. The Morgan fingerprint density at radius 1 is 1.07 bits per heavy atom. The highest BCUT2D eigenvalue weighted by molar-refractivity contribution is 6.42. The molecule has 0 N–H and O–H groups in total. The number of carbonyl (C=O) groups excluding carboxylic acids is 2. The highest BCUT2D eigenvalue weighted by Crippen LogP contribution is 2.48. The number of hydrogen-bond acceptors (Lipinski definition) is 4. The van der Waals surface area contributed by atoms with E-state index in [1.165, 1.54) is 0 Å². The van der Waals surface area contributed by atoms with Crippen molar-refractivity contribution in [2.24, 2.45) is 5.92 Å². The maximum Gasteiger partial charge on any atom is 0.295 e. The van der Waals surface area contributed by atoms with Crippen LogP contribution in [0.1, 0.15) is 43.0 Å². The van der Waals surface area contributed by atoms with E-state index < -0.39 is 6.04 Å². The first-order valence-corrected chi connectivity index (χ1v) is 10.9. The number of Topliss-reactive ketones (excluding diaryl/α,β-unsaturated/α-hetero) is 1. The summed E-state index contributed by atoms with van der Waals surface area (Å²) in [5.74, 6) is 0.0884. The van der Waals surface area contributed by atoms with Crippen LogP contribution in [0.5, 0.6) is 0 Å². The Morgan fingerprint density at radius 2 is 1.87 bits per heavy atom. The number of halogens is 2. The van der Waals surface area contributed by atoms with E-state index in [0.717, 1.165) is 31.4 Å². The zero-order valence-corrected chi connectivity index (χ0v) is 17.9. The first-order chi connectivity index (χ1) is 14.5. The van der Waals surface area contributed by atoms with E-state index in [-0.39, 0.29) is 29.5 Å². The van der Waals surface area contributed by atoms with E-state index in [9.17, 15) is 9.59 Å². The Kier molecular flexibility index (Phi) is 4.83. The van der Waals surface area contributed by atoms with Crippen molar-refractivity contribution in [1.82, 2.24) is 4.98 Å². The molecule has 30 heavy (non-hydrogen) atoms. The van der Waals surface area contributed by atoms with Crippen LogP contribution in [0.4, 0.5) is 5.82 Å². The number of rotatable bonds is 2. The summed E-state index contributed by atoms with van der Waals surface area (Å²) in [5.41, 5.74) is 1.89. The summed E-state index contributed by atoms with van der Waals surface area (Å²) < 4.78 is 6.17. The smallest absolute Gasteiger partial charge is 0.295 e. The minimum Gasteiger partial charge on any atom is -0.483 e. The van der Waals surface area contributed by atoms with Gasteiger partial charge in [0.2, 0.25) is 0 Å². The summed E-state index contributed by atoms with van der Waals surface area (Å²) in [5, 5.41) is 0.783. The summed E-state index contributed by atoms with van der Waals surface area (Å²) in [6, 6.07) is 10.0. The van der Waals surface area contributed by atoms with E-state index in [0.29, 0.717) is 27.0 Å². The fourth-order valence-electron chi connectivity index (χ4n) is 4.74. The summed E-state index contributed by atoms with van der Waals surface area (Å²) in [6.45, 7) is 1.86. The van der Waals surface area contributed by atoms with Crippen molar-refractivity contribution in [3.63, 3.8) is 0 Å². The van der Waals surface area contributed by atoms with Crippen LogP contribution in [-0.2, 0) is 14.3 Å². The number of pyridine rings is 1. The van der Waals surface area contributed by atoms with Gasteiger partial charge < -0.3 is 4.74 Å². The molecule has 1 amide bonds. The lowest BCUT2D eigenvalue weighted by molar-refractivity contribution is -0.131. The van der Waals surface area contributed by atoms with E-state index in [1.54, 1.807) is 29.2 Å². The molecule has 2 aliphatic heterocycles. The van der Waals surface area contributed by atoms with Gasteiger partial charge >= 0.3 is 0 Å². The molecule has 0 spiro atoms. The second-order valence-electron chi connectivity index (χ2n) is 8.04. The first-order valence-electron chi connectivity index (χ1n) is 10.1. The van der Waals surface area contributed by atoms with E-state index in [1.807, 2.05) is 19.1 Å². The molecule has 1 saturated carbocycles. The number of aryl methyl sites for hydroxylation is 1. The van der Waals surface area contributed by atoms with Crippen molar-refractivity contribution < 1.29 is 14.3 Å². The second kappa shape index (κ2) is 7.40. The van der Waals surface area contributed by atoms with Crippen LogP contribution < -0.4 is 4.90 Å². The zero-order valence-electron chi connectivity index (χ0n) is 16.4. The largest absolute Gasteiger partial charge is 0.483 e. The molecule has 1 fully saturated rings. The van der Waals surface area contributed by atoms with Crippen molar-refractivity contribution in [3.05, 3.63) is 69.0 Å². The van der Waals surface area contributed by atoms with E-state index in [4.69, 9.17) is 27.9 Å². The Bertz CT molecular complexity index is 1100. The molecule has 3 unspecified atom stereocenters. The number of hydrogen-bond donors (Lipinski definition) is 0. The molecular formula is C23H20Cl2N2O3. The number of carbonyl (C=O) groups is 2. The van der Waals surface area contributed by atoms with Gasteiger partial charge in [-0.1, -0.05) is 41.8 Å². The minimum atomic E-state index is -0.646. The molecule has 154 valence electrons. The fraction of sp³-hybridized carbons (Fsp3) is 0.348. The van der Waals surface area contributed by atoms with Gasteiger partial charge in [0.1, 0.15) is 11.9 Å². The van der Waals surface area contributed by atoms with Gasteiger partial charge in [0.25, 0.3) is 5.91 Å². The summed E-state index contributed by atoms with van der Waals surface area (Å²) in [4.78, 5) is 33.2. The average molecular weight is 443 g/mol. The Hall–Kier alpha value is -2.37. The van der Waals surface area contributed by atoms with E-state index in [2.05, 4.69) is 4.98 Å².